The van der Waals surface area contributed by atoms with Gasteiger partial charge in [0.2, 0.25) is 0 Å². The number of aromatic nitrogens is 2. The average Bonchev–Trinajstić information content (AvgIpc) is 2.62. The van der Waals surface area contributed by atoms with Gasteiger partial charge in [-0.2, -0.15) is 5.10 Å². The third-order valence-electron chi connectivity index (χ3n) is 2.43. The number of benzene rings is 1. The van der Waals surface area contributed by atoms with Crippen LogP contribution in [0.3, 0.4) is 0 Å². The highest BCUT2D eigenvalue weighted by atomic mass is 19.1. The van der Waals surface area contributed by atoms with E-state index < -0.39 is 0 Å². The summed E-state index contributed by atoms with van der Waals surface area (Å²) in [6.45, 7) is 2.00. The summed E-state index contributed by atoms with van der Waals surface area (Å²) in [5.41, 5.74) is 1.33. The SMILES string of the molecule is CNC(C)c1[nH]nc2c(F)cccc12. The molecule has 0 radical (unpaired) electrons. The van der Waals surface area contributed by atoms with E-state index in [1.807, 2.05) is 20.0 Å². The normalized spacial score (nSPS) is 13.4. The van der Waals surface area contributed by atoms with Crippen LogP contribution in [-0.4, -0.2) is 17.2 Å². The Morgan fingerprint density at radius 1 is 1.50 bits per heavy atom. The zero-order valence-electron chi connectivity index (χ0n) is 8.13. The van der Waals surface area contributed by atoms with Crippen LogP contribution in [0.15, 0.2) is 18.2 Å². The van der Waals surface area contributed by atoms with E-state index in [2.05, 4.69) is 15.5 Å². The van der Waals surface area contributed by atoms with Gasteiger partial charge in [0.25, 0.3) is 0 Å². The van der Waals surface area contributed by atoms with Gasteiger partial charge < -0.3 is 5.32 Å². The van der Waals surface area contributed by atoms with Crippen LogP contribution in [0.2, 0.25) is 0 Å². The zero-order chi connectivity index (χ0) is 10.1. The molecule has 0 spiro atoms. The van der Waals surface area contributed by atoms with Crippen molar-refractivity contribution in [3.8, 4) is 0 Å². The van der Waals surface area contributed by atoms with Gasteiger partial charge in [-0.15, -0.1) is 0 Å². The lowest BCUT2D eigenvalue weighted by Crippen LogP contribution is -2.12. The molecule has 0 bridgehead atoms. The van der Waals surface area contributed by atoms with Crippen molar-refractivity contribution in [2.24, 2.45) is 0 Å². The molecule has 0 fully saturated rings. The molecule has 1 aromatic heterocycles. The lowest BCUT2D eigenvalue weighted by molar-refractivity contribution is 0.632. The van der Waals surface area contributed by atoms with Gasteiger partial charge in [-0.1, -0.05) is 12.1 Å². The fourth-order valence-corrected chi connectivity index (χ4v) is 1.50. The molecule has 2 aromatic rings. The standard InChI is InChI=1S/C10H12FN3/c1-6(12-2)9-7-4-3-5-8(11)10(7)14-13-9/h3-6,12H,1-2H3,(H,13,14). The highest BCUT2D eigenvalue weighted by Gasteiger charge is 2.12. The Balaban J connectivity index is 2.63. The van der Waals surface area contributed by atoms with Gasteiger partial charge in [-0.05, 0) is 20.0 Å². The molecule has 74 valence electrons. The minimum Gasteiger partial charge on any atom is -0.312 e. The Morgan fingerprint density at radius 3 is 3.00 bits per heavy atom. The van der Waals surface area contributed by atoms with Crippen LogP contribution < -0.4 is 5.32 Å². The summed E-state index contributed by atoms with van der Waals surface area (Å²) in [4.78, 5) is 0. The fraction of sp³-hybridized carbons (Fsp3) is 0.300. The van der Waals surface area contributed by atoms with E-state index in [-0.39, 0.29) is 11.9 Å². The molecule has 0 amide bonds. The molecule has 2 N–H and O–H groups in total. The summed E-state index contributed by atoms with van der Waals surface area (Å²) < 4.78 is 13.3. The van der Waals surface area contributed by atoms with Crippen molar-refractivity contribution in [2.75, 3.05) is 7.05 Å². The van der Waals surface area contributed by atoms with Crippen LogP contribution in [0.25, 0.3) is 10.9 Å². The molecule has 1 heterocycles. The number of halogens is 1. The molecular weight excluding hydrogens is 181 g/mol. The summed E-state index contributed by atoms with van der Waals surface area (Å²) in [5.74, 6) is -0.284. The van der Waals surface area contributed by atoms with Crippen molar-refractivity contribution in [2.45, 2.75) is 13.0 Å². The number of para-hydroxylation sites is 1. The highest BCUT2D eigenvalue weighted by molar-refractivity contribution is 5.82. The average molecular weight is 193 g/mol. The van der Waals surface area contributed by atoms with Gasteiger partial charge in [0.15, 0.2) is 5.82 Å². The maximum absolute atomic E-state index is 13.3. The van der Waals surface area contributed by atoms with Gasteiger partial charge >= 0.3 is 0 Å². The van der Waals surface area contributed by atoms with Crippen molar-refractivity contribution in [1.82, 2.24) is 15.5 Å². The third-order valence-corrected chi connectivity index (χ3v) is 2.43. The zero-order valence-corrected chi connectivity index (χ0v) is 8.13. The van der Waals surface area contributed by atoms with Crippen LogP contribution in [0.1, 0.15) is 18.7 Å². The Bertz CT molecular complexity index is 450. The van der Waals surface area contributed by atoms with Gasteiger partial charge in [0, 0.05) is 11.4 Å². The Hall–Kier alpha value is -1.42. The molecule has 1 unspecified atom stereocenters. The summed E-state index contributed by atoms with van der Waals surface area (Å²) >= 11 is 0. The molecule has 0 aliphatic rings. The van der Waals surface area contributed by atoms with E-state index in [4.69, 9.17) is 0 Å². The molecule has 14 heavy (non-hydrogen) atoms. The van der Waals surface area contributed by atoms with Crippen LogP contribution in [-0.2, 0) is 0 Å². The second-order valence-electron chi connectivity index (χ2n) is 3.28. The first-order valence-electron chi connectivity index (χ1n) is 4.53. The Morgan fingerprint density at radius 2 is 2.29 bits per heavy atom. The quantitative estimate of drug-likeness (QED) is 0.765. The van der Waals surface area contributed by atoms with E-state index in [1.54, 1.807) is 6.07 Å². The molecule has 1 atom stereocenters. The number of aromatic amines is 1. The number of hydrogen-bond acceptors (Lipinski definition) is 2. The molecular formula is C10H12FN3. The van der Waals surface area contributed by atoms with Gasteiger partial charge in [0.05, 0.1) is 5.69 Å². The molecule has 0 saturated carbocycles. The van der Waals surface area contributed by atoms with Crippen molar-refractivity contribution >= 4 is 10.9 Å². The molecule has 4 heteroatoms. The molecule has 0 aliphatic carbocycles. The first kappa shape index (κ1) is 9.15. The minimum absolute atomic E-state index is 0.141. The fourth-order valence-electron chi connectivity index (χ4n) is 1.50. The molecule has 2 rings (SSSR count). The van der Waals surface area contributed by atoms with E-state index in [0.717, 1.165) is 11.1 Å². The smallest absolute Gasteiger partial charge is 0.151 e. The van der Waals surface area contributed by atoms with E-state index in [1.165, 1.54) is 6.07 Å². The Kier molecular flexibility index (Phi) is 2.21. The number of H-pyrrole nitrogens is 1. The third kappa shape index (κ3) is 1.28. The number of nitrogens with zero attached hydrogens (tertiary/aromatic N) is 1. The van der Waals surface area contributed by atoms with Crippen LogP contribution >= 0.6 is 0 Å². The predicted molar refractivity (Wildman–Crippen MR) is 53.5 cm³/mol. The molecule has 0 aliphatic heterocycles. The molecule has 1 aromatic carbocycles. The summed E-state index contributed by atoms with van der Waals surface area (Å²) in [6.07, 6.45) is 0. The topological polar surface area (TPSA) is 40.7 Å². The van der Waals surface area contributed by atoms with E-state index in [0.29, 0.717) is 5.52 Å². The first-order chi connectivity index (χ1) is 6.74. The highest BCUT2D eigenvalue weighted by Crippen LogP contribution is 2.22. The van der Waals surface area contributed by atoms with Gasteiger partial charge in [-0.3, -0.25) is 5.10 Å². The lowest BCUT2D eigenvalue weighted by atomic mass is 10.1. The minimum atomic E-state index is -0.284. The van der Waals surface area contributed by atoms with Gasteiger partial charge in [0.1, 0.15) is 5.52 Å². The largest absolute Gasteiger partial charge is 0.312 e. The maximum atomic E-state index is 13.3. The van der Waals surface area contributed by atoms with E-state index in [9.17, 15) is 4.39 Å². The van der Waals surface area contributed by atoms with Crippen molar-refractivity contribution < 1.29 is 4.39 Å². The Labute approximate surface area is 81.3 Å². The van der Waals surface area contributed by atoms with Crippen molar-refractivity contribution in [3.05, 3.63) is 29.7 Å². The van der Waals surface area contributed by atoms with Crippen molar-refractivity contribution in [3.63, 3.8) is 0 Å². The number of fused-ring (bicyclic) bond motifs is 1. The summed E-state index contributed by atoms with van der Waals surface area (Å²) in [7, 11) is 1.86. The number of hydrogen-bond donors (Lipinski definition) is 2. The molecule has 3 nitrogen and oxygen atoms in total. The second-order valence-corrected chi connectivity index (χ2v) is 3.28. The monoisotopic (exact) mass is 193 g/mol. The number of rotatable bonds is 2. The van der Waals surface area contributed by atoms with Crippen LogP contribution in [0.4, 0.5) is 4.39 Å². The van der Waals surface area contributed by atoms with Crippen molar-refractivity contribution in [1.29, 1.82) is 0 Å². The maximum Gasteiger partial charge on any atom is 0.151 e. The number of nitrogens with one attached hydrogen (secondary N) is 2. The van der Waals surface area contributed by atoms with E-state index >= 15 is 0 Å². The first-order valence-corrected chi connectivity index (χ1v) is 4.53. The van der Waals surface area contributed by atoms with Crippen LogP contribution in [0.5, 0.6) is 0 Å². The van der Waals surface area contributed by atoms with Crippen LogP contribution in [0, 0.1) is 5.82 Å². The second kappa shape index (κ2) is 3.38. The summed E-state index contributed by atoms with van der Waals surface area (Å²) in [6, 6.07) is 5.11. The van der Waals surface area contributed by atoms with Gasteiger partial charge in [-0.25, -0.2) is 4.39 Å². The molecule has 0 saturated heterocycles. The predicted octanol–water partition coefficient (Wildman–Crippen LogP) is 1.98. The summed E-state index contributed by atoms with van der Waals surface area (Å²) in [5, 5.41) is 10.7. The lowest BCUT2D eigenvalue weighted by Gasteiger charge is -2.07.